The normalized spacial score (nSPS) is 18.4. The third kappa shape index (κ3) is 4.00. The highest BCUT2D eigenvalue weighted by Gasteiger charge is 2.39. The van der Waals surface area contributed by atoms with Crippen molar-refractivity contribution < 1.29 is 9.59 Å². The molecule has 2 heterocycles. The van der Waals surface area contributed by atoms with Crippen LogP contribution in [0.2, 0.25) is 5.02 Å². The molecule has 3 rings (SSSR count). The molecular weight excluding hydrogens is 402 g/mol. The third-order valence-corrected chi connectivity index (χ3v) is 5.43. The number of carbonyl (C=O) groups excluding carboxylic acids is 2. The van der Waals surface area contributed by atoms with E-state index in [4.69, 9.17) is 17.0 Å². The number of nitrogens with one attached hydrogen (secondary N) is 2. The summed E-state index contributed by atoms with van der Waals surface area (Å²) in [6.45, 7) is 3.55. The highest BCUT2D eigenvalue weighted by atomic mass is 35.5. The number of halogens is 1. The van der Waals surface area contributed by atoms with Crippen molar-refractivity contribution in [2.75, 3.05) is 19.0 Å². The fourth-order valence-corrected chi connectivity index (χ4v) is 3.60. The van der Waals surface area contributed by atoms with Crippen molar-refractivity contribution in [2.24, 2.45) is 0 Å². The molecule has 0 saturated carbocycles. The van der Waals surface area contributed by atoms with Crippen LogP contribution in [-0.4, -0.2) is 41.8 Å². The maximum absolute atomic E-state index is 12.9. The van der Waals surface area contributed by atoms with Crippen molar-refractivity contribution in [2.45, 2.75) is 25.8 Å². The van der Waals surface area contributed by atoms with Crippen LogP contribution >= 0.6 is 11.6 Å². The molecule has 1 atom stereocenters. The van der Waals surface area contributed by atoms with E-state index in [9.17, 15) is 9.59 Å². The molecule has 1 saturated heterocycles. The Bertz CT molecular complexity index is 1070. The summed E-state index contributed by atoms with van der Waals surface area (Å²) in [5, 5.41) is 11.5. The van der Waals surface area contributed by atoms with Gasteiger partial charge in [-0.25, -0.2) is 4.98 Å². The fraction of sp³-hybridized carbons (Fsp3) is 0.273. The van der Waals surface area contributed by atoms with E-state index in [2.05, 4.69) is 22.1 Å². The number of carbonyl (C=O) groups is 2. The van der Waals surface area contributed by atoms with Crippen LogP contribution in [0.25, 0.3) is 0 Å². The number of rotatable bonds is 3. The second-order valence-electron chi connectivity index (χ2n) is 7.27. The quantitative estimate of drug-likeness (QED) is 0.743. The molecule has 1 unspecified atom stereocenters. The second kappa shape index (κ2) is 8.17. The molecule has 7 nitrogen and oxygen atoms in total. The summed E-state index contributed by atoms with van der Waals surface area (Å²) in [6, 6.07) is 8.55. The zero-order chi connectivity index (χ0) is 22.1. The number of benzene rings is 1. The van der Waals surface area contributed by atoms with Gasteiger partial charge in [-0.15, -0.1) is 5.92 Å². The average molecular weight is 424 g/mol. The summed E-state index contributed by atoms with van der Waals surface area (Å²) >= 11 is 6.44. The van der Waals surface area contributed by atoms with Gasteiger partial charge in [0.2, 0.25) is 5.91 Å². The minimum atomic E-state index is -0.865. The fourth-order valence-electron chi connectivity index (χ4n) is 3.27. The Morgan fingerprint density at radius 2 is 2.10 bits per heavy atom. The van der Waals surface area contributed by atoms with Crippen molar-refractivity contribution in [1.82, 2.24) is 15.2 Å². The smallest absolute Gasteiger partial charge is 0.276 e. The molecule has 2 aromatic rings. The first-order chi connectivity index (χ1) is 14.2. The summed E-state index contributed by atoms with van der Waals surface area (Å²) in [4.78, 5) is 32.1. The SMILES string of the molecule is CC#Cc1ccc(C(=O)N(C)c2ccc(Cl)c(C3(C)CC(=O)N(C)C(=N)N3)c2)nc1. The molecule has 0 radical (unpaired) electrons. The zero-order valence-electron chi connectivity index (χ0n) is 17.2. The van der Waals surface area contributed by atoms with E-state index in [1.807, 2.05) is 6.92 Å². The predicted molar refractivity (Wildman–Crippen MR) is 117 cm³/mol. The van der Waals surface area contributed by atoms with Gasteiger partial charge >= 0.3 is 0 Å². The van der Waals surface area contributed by atoms with Crippen LogP contribution in [0.1, 0.15) is 41.9 Å². The molecule has 1 aliphatic rings. The van der Waals surface area contributed by atoms with Crippen molar-refractivity contribution in [3.8, 4) is 11.8 Å². The Labute approximate surface area is 180 Å². The van der Waals surface area contributed by atoms with E-state index in [-0.39, 0.29) is 29.9 Å². The molecule has 154 valence electrons. The van der Waals surface area contributed by atoms with Crippen molar-refractivity contribution in [1.29, 1.82) is 5.41 Å². The number of pyridine rings is 1. The zero-order valence-corrected chi connectivity index (χ0v) is 18.0. The van der Waals surface area contributed by atoms with E-state index in [1.54, 1.807) is 57.5 Å². The standard InChI is InChI=1S/C22H22ClN5O2/c1-5-6-14-7-10-18(25-13-14)20(30)27(3)15-8-9-17(23)16(11-15)22(2)12-19(29)28(4)21(24)26-22/h7-11,13H,12H2,1-4H3,(H2,24,26). The molecule has 1 aliphatic heterocycles. The van der Waals surface area contributed by atoms with Gasteiger partial charge in [0.15, 0.2) is 5.96 Å². The molecule has 0 spiro atoms. The van der Waals surface area contributed by atoms with Crippen LogP contribution in [-0.2, 0) is 10.3 Å². The van der Waals surface area contributed by atoms with Crippen LogP contribution in [0.3, 0.4) is 0 Å². The van der Waals surface area contributed by atoms with Gasteiger partial charge in [-0.2, -0.15) is 0 Å². The van der Waals surface area contributed by atoms with Gasteiger partial charge < -0.3 is 10.2 Å². The summed E-state index contributed by atoms with van der Waals surface area (Å²) in [5.74, 6) is 5.21. The van der Waals surface area contributed by atoms with Gasteiger partial charge in [-0.3, -0.25) is 19.9 Å². The molecule has 1 aromatic heterocycles. The summed E-state index contributed by atoms with van der Waals surface area (Å²) in [7, 11) is 3.19. The van der Waals surface area contributed by atoms with Crippen molar-refractivity contribution in [3.63, 3.8) is 0 Å². The minimum absolute atomic E-state index is 0.000816. The Balaban J connectivity index is 1.92. The van der Waals surface area contributed by atoms with Gasteiger partial charge in [0, 0.05) is 36.6 Å². The van der Waals surface area contributed by atoms with Gasteiger partial charge in [0.05, 0.1) is 12.0 Å². The number of aromatic nitrogens is 1. The summed E-state index contributed by atoms with van der Waals surface area (Å²) in [5.41, 5.74) is 1.39. The first-order valence-corrected chi connectivity index (χ1v) is 9.64. The van der Waals surface area contributed by atoms with Gasteiger partial charge in [0.25, 0.3) is 5.91 Å². The van der Waals surface area contributed by atoms with E-state index in [1.165, 1.54) is 9.80 Å². The largest absolute Gasteiger partial charge is 0.346 e. The van der Waals surface area contributed by atoms with E-state index in [0.717, 1.165) is 5.56 Å². The molecule has 0 aliphatic carbocycles. The molecule has 30 heavy (non-hydrogen) atoms. The van der Waals surface area contributed by atoms with Gasteiger partial charge in [-0.05, 0) is 49.7 Å². The Morgan fingerprint density at radius 3 is 2.70 bits per heavy atom. The van der Waals surface area contributed by atoms with Gasteiger partial charge in [-0.1, -0.05) is 17.5 Å². The summed E-state index contributed by atoms with van der Waals surface area (Å²) < 4.78 is 0. The molecular formula is C22H22ClN5O2. The maximum atomic E-state index is 12.9. The van der Waals surface area contributed by atoms with Crippen LogP contribution in [0.15, 0.2) is 36.5 Å². The molecule has 2 N–H and O–H groups in total. The lowest BCUT2D eigenvalue weighted by atomic mass is 9.86. The maximum Gasteiger partial charge on any atom is 0.276 e. The molecule has 1 fully saturated rings. The summed E-state index contributed by atoms with van der Waals surface area (Å²) in [6.07, 6.45) is 1.69. The van der Waals surface area contributed by atoms with E-state index >= 15 is 0 Å². The number of amides is 2. The predicted octanol–water partition coefficient (Wildman–Crippen LogP) is 2.98. The van der Waals surface area contributed by atoms with Crippen LogP contribution in [0.4, 0.5) is 5.69 Å². The Kier molecular flexibility index (Phi) is 5.81. The topological polar surface area (TPSA) is 89.4 Å². The highest BCUT2D eigenvalue weighted by Crippen LogP contribution is 2.36. The third-order valence-electron chi connectivity index (χ3n) is 5.10. The lowest BCUT2D eigenvalue weighted by Gasteiger charge is -2.40. The first kappa shape index (κ1) is 21.3. The number of anilines is 1. The average Bonchev–Trinajstić information content (AvgIpc) is 2.72. The number of guanidine groups is 1. The van der Waals surface area contributed by atoms with Crippen molar-refractivity contribution >= 4 is 35.1 Å². The highest BCUT2D eigenvalue weighted by molar-refractivity contribution is 6.31. The molecule has 8 heteroatoms. The molecule has 2 amide bonds. The first-order valence-electron chi connectivity index (χ1n) is 9.26. The number of nitrogens with zero attached hydrogens (tertiary/aromatic N) is 3. The molecule has 1 aromatic carbocycles. The Hall–Kier alpha value is -3.37. The second-order valence-corrected chi connectivity index (χ2v) is 7.68. The Morgan fingerprint density at radius 1 is 1.37 bits per heavy atom. The minimum Gasteiger partial charge on any atom is -0.346 e. The lowest BCUT2D eigenvalue weighted by molar-refractivity contribution is -0.129. The van der Waals surface area contributed by atoms with Crippen LogP contribution in [0, 0.1) is 17.3 Å². The lowest BCUT2D eigenvalue weighted by Crippen LogP contribution is -2.58. The monoisotopic (exact) mass is 423 g/mol. The molecule has 0 bridgehead atoms. The van der Waals surface area contributed by atoms with Crippen LogP contribution in [0.5, 0.6) is 0 Å². The van der Waals surface area contributed by atoms with Gasteiger partial charge in [0.1, 0.15) is 5.69 Å². The van der Waals surface area contributed by atoms with Crippen molar-refractivity contribution in [3.05, 3.63) is 58.4 Å². The van der Waals surface area contributed by atoms with E-state index in [0.29, 0.717) is 16.3 Å². The van der Waals surface area contributed by atoms with E-state index < -0.39 is 5.54 Å². The van der Waals surface area contributed by atoms with Crippen LogP contribution < -0.4 is 10.2 Å². The number of hydrogen-bond donors (Lipinski definition) is 2. The number of hydrogen-bond acceptors (Lipinski definition) is 4.